The third kappa shape index (κ3) is 3.14. The number of aromatic nitrogens is 1. The van der Waals surface area contributed by atoms with E-state index in [1.54, 1.807) is 0 Å². The van der Waals surface area contributed by atoms with E-state index >= 15 is 0 Å². The van der Waals surface area contributed by atoms with Crippen LogP contribution in [0, 0.1) is 12.8 Å². The molecule has 132 valence electrons. The van der Waals surface area contributed by atoms with Crippen molar-refractivity contribution in [3.63, 3.8) is 0 Å². The second-order valence-corrected chi connectivity index (χ2v) is 7.28. The minimum Gasteiger partial charge on any atom is -0.385 e. The average Bonchev–Trinajstić information content (AvgIpc) is 3.16. The van der Waals surface area contributed by atoms with E-state index in [1.165, 1.54) is 0 Å². The van der Waals surface area contributed by atoms with Crippen molar-refractivity contribution in [3.8, 4) is 0 Å². The molecule has 0 radical (unpaired) electrons. The van der Waals surface area contributed by atoms with Crippen molar-refractivity contribution in [2.24, 2.45) is 5.92 Å². The molecule has 0 spiro atoms. The van der Waals surface area contributed by atoms with Crippen LogP contribution >= 0.6 is 0 Å². The van der Waals surface area contributed by atoms with Gasteiger partial charge in [0.05, 0.1) is 23.6 Å². The highest BCUT2D eigenvalue weighted by atomic mass is 16.5. The van der Waals surface area contributed by atoms with Crippen LogP contribution < -0.4 is 0 Å². The molecule has 0 saturated carbocycles. The van der Waals surface area contributed by atoms with Gasteiger partial charge in [-0.1, -0.05) is 12.1 Å². The molecule has 5 nitrogen and oxygen atoms in total. The molecule has 1 unspecified atom stereocenters. The van der Waals surface area contributed by atoms with E-state index in [-0.39, 0.29) is 11.8 Å². The Balaban J connectivity index is 1.50. The van der Waals surface area contributed by atoms with Gasteiger partial charge in [0.15, 0.2) is 0 Å². The molecular weight excluding hydrogens is 316 g/mol. The Kier molecular flexibility index (Phi) is 4.21. The Labute approximate surface area is 147 Å². The van der Waals surface area contributed by atoms with Gasteiger partial charge in [-0.3, -0.25) is 9.78 Å². The van der Waals surface area contributed by atoms with Crippen LogP contribution in [0.3, 0.4) is 0 Å². The van der Waals surface area contributed by atoms with Crippen molar-refractivity contribution in [2.45, 2.75) is 31.8 Å². The van der Waals surface area contributed by atoms with E-state index in [0.717, 1.165) is 28.6 Å². The minimum atomic E-state index is -0.873. The van der Waals surface area contributed by atoms with Crippen molar-refractivity contribution in [3.05, 3.63) is 41.6 Å². The Morgan fingerprint density at radius 3 is 2.80 bits per heavy atom. The zero-order valence-electron chi connectivity index (χ0n) is 14.6. The third-order valence-electron chi connectivity index (χ3n) is 5.55. The normalized spacial score (nSPS) is 23.1. The first kappa shape index (κ1) is 16.5. The van der Waals surface area contributed by atoms with Crippen molar-refractivity contribution in [1.29, 1.82) is 0 Å². The van der Waals surface area contributed by atoms with Crippen molar-refractivity contribution < 1.29 is 14.6 Å². The number of hydrogen-bond acceptors (Lipinski definition) is 4. The monoisotopic (exact) mass is 340 g/mol. The standard InChI is InChI=1S/C20H24N2O3/c1-14-2-3-15-12-17(4-5-18(15)21-14)20(24)7-9-22(10-8-20)19(23)16-6-11-25-13-16/h2-5,12,16,24H,6-11,13H2,1H3. The van der Waals surface area contributed by atoms with Crippen LogP contribution in [0.2, 0.25) is 0 Å². The minimum absolute atomic E-state index is 0.00109. The number of aryl methyl sites for hydroxylation is 1. The number of ether oxygens (including phenoxy) is 1. The molecular formula is C20H24N2O3. The zero-order valence-corrected chi connectivity index (χ0v) is 14.6. The summed E-state index contributed by atoms with van der Waals surface area (Å²) < 4.78 is 5.33. The molecule has 1 aromatic heterocycles. The molecule has 1 amide bonds. The van der Waals surface area contributed by atoms with Crippen LogP contribution in [0.1, 0.15) is 30.5 Å². The number of piperidine rings is 1. The van der Waals surface area contributed by atoms with Crippen LogP contribution in [0.4, 0.5) is 0 Å². The summed E-state index contributed by atoms with van der Waals surface area (Å²) >= 11 is 0. The Morgan fingerprint density at radius 1 is 1.28 bits per heavy atom. The van der Waals surface area contributed by atoms with E-state index in [9.17, 15) is 9.90 Å². The molecule has 1 aromatic carbocycles. The average molecular weight is 340 g/mol. The number of aliphatic hydroxyl groups is 1. The highest BCUT2D eigenvalue weighted by molar-refractivity contribution is 5.80. The van der Waals surface area contributed by atoms with Gasteiger partial charge in [-0.25, -0.2) is 0 Å². The summed E-state index contributed by atoms with van der Waals surface area (Å²) in [4.78, 5) is 18.9. The first-order valence-electron chi connectivity index (χ1n) is 9.02. The highest BCUT2D eigenvalue weighted by Gasteiger charge is 2.37. The van der Waals surface area contributed by atoms with E-state index in [4.69, 9.17) is 4.74 Å². The summed E-state index contributed by atoms with van der Waals surface area (Å²) in [5, 5.41) is 12.2. The molecule has 2 fully saturated rings. The highest BCUT2D eigenvalue weighted by Crippen LogP contribution is 2.35. The number of nitrogens with zero attached hydrogens (tertiary/aromatic N) is 2. The van der Waals surface area contributed by atoms with Gasteiger partial charge >= 0.3 is 0 Å². The Bertz CT molecular complexity index is 791. The summed E-state index contributed by atoms with van der Waals surface area (Å²) in [6, 6.07) is 10.0. The number of carbonyl (C=O) groups is 1. The first-order valence-corrected chi connectivity index (χ1v) is 9.02. The first-order chi connectivity index (χ1) is 12.0. The molecule has 0 aliphatic carbocycles. The largest absolute Gasteiger partial charge is 0.385 e. The maximum Gasteiger partial charge on any atom is 0.228 e. The third-order valence-corrected chi connectivity index (χ3v) is 5.55. The Morgan fingerprint density at radius 2 is 2.08 bits per heavy atom. The summed E-state index contributed by atoms with van der Waals surface area (Å²) in [5.74, 6) is 0.180. The molecule has 2 aliphatic rings. The van der Waals surface area contributed by atoms with Gasteiger partial charge in [0.1, 0.15) is 0 Å². The number of fused-ring (bicyclic) bond motifs is 1. The van der Waals surface area contributed by atoms with Gasteiger partial charge in [0.25, 0.3) is 0 Å². The molecule has 1 N–H and O–H groups in total. The van der Waals surface area contributed by atoms with E-state index in [1.807, 2.05) is 42.2 Å². The zero-order chi connectivity index (χ0) is 17.4. The van der Waals surface area contributed by atoms with Crippen LogP contribution in [0.15, 0.2) is 30.3 Å². The van der Waals surface area contributed by atoms with Crippen molar-refractivity contribution in [1.82, 2.24) is 9.88 Å². The van der Waals surface area contributed by atoms with Crippen LogP contribution in [0.25, 0.3) is 10.9 Å². The van der Waals surface area contributed by atoms with E-state index in [0.29, 0.717) is 39.1 Å². The molecule has 4 rings (SSSR count). The molecule has 2 saturated heterocycles. The number of likely N-dealkylation sites (tertiary alicyclic amines) is 1. The summed E-state index contributed by atoms with van der Waals surface area (Å²) in [7, 11) is 0. The lowest BCUT2D eigenvalue weighted by atomic mass is 9.83. The number of rotatable bonds is 2. The van der Waals surface area contributed by atoms with Crippen molar-refractivity contribution >= 4 is 16.8 Å². The number of pyridine rings is 1. The Hall–Kier alpha value is -1.98. The maximum atomic E-state index is 12.5. The van der Waals surface area contributed by atoms with Gasteiger partial charge in [0, 0.05) is 30.8 Å². The maximum absolute atomic E-state index is 12.5. The second-order valence-electron chi connectivity index (χ2n) is 7.28. The molecule has 1 atom stereocenters. The fourth-order valence-electron chi connectivity index (χ4n) is 3.89. The predicted molar refractivity (Wildman–Crippen MR) is 95.1 cm³/mol. The van der Waals surface area contributed by atoms with Crippen LogP contribution in [-0.4, -0.2) is 47.2 Å². The predicted octanol–water partition coefficient (Wildman–Crippen LogP) is 2.39. The number of amides is 1. The number of hydrogen-bond donors (Lipinski definition) is 1. The van der Waals surface area contributed by atoms with E-state index < -0.39 is 5.60 Å². The van der Waals surface area contributed by atoms with Gasteiger partial charge in [-0.2, -0.15) is 0 Å². The van der Waals surface area contributed by atoms with E-state index in [2.05, 4.69) is 4.98 Å². The number of benzene rings is 1. The fraction of sp³-hybridized carbons (Fsp3) is 0.500. The topological polar surface area (TPSA) is 62.7 Å². The summed E-state index contributed by atoms with van der Waals surface area (Å²) in [5.41, 5.74) is 1.98. The SMILES string of the molecule is Cc1ccc2cc(C3(O)CCN(C(=O)C4CCOC4)CC3)ccc2n1. The molecule has 3 heterocycles. The lowest BCUT2D eigenvalue weighted by Crippen LogP contribution is -2.47. The van der Waals surface area contributed by atoms with Gasteiger partial charge < -0.3 is 14.7 Å². The molecule has 2 aromatic rings. The van der Waals surface area contributed by atoms with Gasteiger partial charge in [-0.05, 0) is 49.9 Å². The van der Waals surface area contributed by atoms with Crippen molar-refractivity contribution in [2.75, 3.05) is 26.3 Å². The van der Waals surface area contributed by atoms with Gasteiger partial charge in [0.2, 0.25) is 5.91 Å². The lowest BCUT2D eigenvalue weighted by Gasteiger charge is -2.39. The smallest absolute Gasteiger partial charge is 0.228 e. The molecule has 25 heavy (non-hydrogen) atoms. The molecule has 2 aliphatic heterocycles. The fourth-order valence-corrected chi connectivity index (χ4v) is 3.89. The lowest BCUT2D eigenvalue weighted by molar-refractivity contribution is -0.140. The molecule has 0 bridgehead atoms. The van der Waals surface area contributed by atoms with Crippen LogP contribution in [0.5, 0.6) is 0 Å². The summed E-state index contributed by atoms with van der Waals surface area (Å²) in [6.07, 6.45) is 1.95. The molecule has 5 heteroatoms. The van der Waals surface area contributed by atoms with Gasteiger partial charge in [-0.15, -0.1) is 0 Å². The quantitative estimate of drug-likeness (QED) is 0.912. The summed E-state index contributed by atoms with van der Waals surface area (Å²) in [6.45, 7) is 4.38. The van der Waals surface area contributed by atoms with Crippen LogP contribution in [-0.2, 0) is 15.1 Å². The second kappa shape index (κ2) is 6.39. The number of carbonyl (C=O) groups excluding carboxylic acids is 1.